The molecule has 112 valence electrons. The lowest BCUT2D eigenvalue weighted by Crippen LogP contribution is -2.43. The van der Waals surface area contributed by atoms with Gasteiger partial charge in [-0.1, -0.05) is 0 Å². The van der Waals surface area contributed by atoms with Gasteiger partial charge in [0, 0.05) is 42.5 Å². The fourth-order valence-corrected chi connectivity index (χ4v) is 2.98. The number of nitrogen functional groups attached to an aromatic ring is 1. The lowest BCUT2D eigenvalue weighted by Gasteiger charge is -2.32. The van der Waals surface area contributed by atoms with Crippen molar-refractivity contribution in [2.45, 2.75) is 25.9 Å². The molecule has 1 aromatic carbocycles. The van der Waals surface area contributed by atoms with E-state index < -0.39 is 0 Å². The number of aromatic nitrogens is 1. The standard InChI is InChI=1S/C16H21N3O2/c1-2-21-12-4-3-7-19(10-12)16(20)14-9-18-15-6-5-11(17)8-13(14)15/h5-6,8-9,12,18H,2-4,7,10,17H2,1H3. The summed E-state index contributed by atoms with van der Waals surface area (Å²) in [5, 5.41) is 0.888. The number of rotatable bonds is 3. The van der Waals surface area contributed by atoms with Crippen molar-refractivity contribution in [3.05, 3.63) is 30.0 Å². The van der Waals surface area contributed by atoms with Gasteiger partial charge in [-0.2, -0.15) is 0 Å². The molecule has 5 heteroatoms. The van der Waals surface area contributed by atoms with E-state index in [1.807, 2.05) is 30.0 Å². The molecule has 0 saturated carbocycles. The number of benzene rings is 1. The number of carbonyl (C=O) groups is 1. The molecule has 5 nitrogen and oxygen atoms in total. The first-order chi connectivity index (χ1) is 10.2. The van der Waals surface area contributed by atoms with Gasteiger partial charge in [-0.25, -0.2) is 0 Å². The Hall–Kier alpha value is -2.01. The van der Waals surface area contributed by atoms with Crippen LogP contribution in [0.2, 0.25) is 0 Å². The summed E-state index contributed by atoms with van der Waals surface area (Å²) >= 11 is 0. The molecule has 0 spiro atoms. The van der Waals surface area contributed by atoms with Gasteiger partial charge in [0.15, 0.2) is 0 Å². The summed E-state index contributed by atoms with van der Waals surface area (Å²) in [6, 6.07) is 5.59. The van der Waals surface area contributed by atoms with Crippen LogP contribution in [0.5, 0.6) is 0 Å². The monoisotopic (exact) mass is 287 g/mol. The molecule has 1 fully saturated rings. The minimum Gasteiger partial charge on any atom is -0.399 e. The van der Waals surface area contributed by atoms with Crippen molar-refractivity contribution in [2.75, 3.05) is 25.4 Å². The molecule has 1 aliphatic rings. The number of amides is 1. The van der Waals surface area contributed by atoms with Crippen molar-refractivity contribution >= 4 is 22.5 Å². The molecule has 3 rings (SSSR count). The Labute approximate surface area is 124 Å². The molecule has 2 heterocycles. The van der Waals surface area contributed by atoms with Crippen molar-refractivity contribution in [1.82, 2.24) is 9.88 Å². The Morgan fingerprint density at radius 3 is 3.19 bits per heavy atom. The molecule has 21 heavy (non-hydrogen) atoms. The van der Waals surface area contributed by atoms with Gasteiger partial charge < -0.3 is 20.4 Å². The highest BCUT2D eigenvalue weighted by Crippen LogP contribution is 2.24. The lowest BCUT2D eigenvalue weighted by molar-refractivity contribution is 0.00731. The number of likely N-dealkylation sites (tertiary alicyclic amines) is 1. The zero-order valence-corrected chi connectivity index (χ0v) is 12.3. The maximum Gasteiger partial charge on any atom is 0.256 e. The maximum atomic E-state index is 12.7. The Morgan fingerprint density at radius 1 is 1.52 bits per heavy atom. The van der Waals surface area contributed by atoms with E-state index >= 15 is 0 Å². The topological polar surface area (TPSA) is 71.3 Å². The molecular formula is C16H21N3O2. The fourth-order valence-electron chi connectivity index (χ4n) is 2.98. The summed E-state index contributed by atoms with van der Waals surface area (Å²) in [6.07, 6.45) is 3.94. The average Bonchev–Trinajstić information content (AvgIpc) is 2.90. The second-order valence-corrected chi connectivity index (χ2v) is 5.48. The first-order valence-electron chi connectivity index (χ1n) is 7.46. The molecule has 1 atom stereocenters. The Morgan fingerprint density at radius 2 is 2.38 bits per heavy atom. The summed E-state index contributed by atoms with van der Waals surface area (Å²) in [5.41, 5.74) is 8.13. The molecule has 1 aliphatic heterocycles. The van der Waals surface area contributed by atoms with Crippen LogP contribution < -0.4 is 5.73 Å². The zero-order chi connectivity index (χ0) is 14.8. The largest absolute Gasteiger partial charge is 0.399 e. The predicted molar refractivity (Wildman–Crippen MR) is 83.3 cm³/mol. The van der Waals surface area contributed by atoms with Gasteiger partial charge in [-0.05, 0) is 38.0 Å². The van der Waals surface area contributed by atoms with Crippen LogP contribution in [0, 0.1) is 0 Å². The maximum absolute atomic E-state index is 12.7. The van der Waals surface area contributed by atoms with Crippen LogP contribution in [-0.2, 0) is 4.74 Å². The van der Waals surface area contributed by atoms with Gasteiger partial charge in [0.2, 0.25) is 0 Å². The van der Waals surface area contributed by atoms with Crippen LogP contribution in [0.3, 0.4) is 0 Å². The molecule has 0 radical (unpaired) electrons. The van der Waals surface area contributed by atoms with Gasteiger partial charge >= 0.3 is 0 Å². The number of nitrogens with two attached hydrogens (primary N) is 1. The van der Waals surface area contributed by atoms with Crippen LogP contribution >= 0.6 is 0 Å². The number of aromatic amines is 1. The van der Waals surface area contributed by atoms with Crippen molar-refractivity contribution in [2.24, 2.45) is 0 Å². The highest BCUT2D eigenvalue weighted by atomic mass is 16.5. The summed E-state index contributed by atoms with van der Waals surface area (Å²) < 4.78 is 5.67. The number of piperidine rings is 1. The van der Waals surface area contributed by atoms with E-state index in [4.69, 9.17) is 10.5 Å². The average molecular weight is 287 g/mol. The van der Waals surface area contributed by atoms with Gasteiger partial charge in [0.1, 0.15) is 0 Å². The molecule has 1 aromatic heterocycles. The summed E-state index contributed by atoms with van der Waals surface area (Å²) in [6.45, 7) is 4.14. The van der Waals surface area contributed by atoms with Crippen LogP contribution in [0.25, 0.3) is 10.9 Å². The van der Waals surface area contributed by atoms with Gasteiger partial charge in [-0.15, -0.1) is 0 Å². The number of fused-ring (bicyclic) bond motifs is 1. The van der Waals surface area contributed by atoms with Crippen LogP contribution in [0.1, 0.15) is 30.1 Å². The Bertz CT molecular complexity index is 648. The molecule has 0 bridgehead atoms. The third-order valence-corrected chi connectivity index (χ3v) is 4.00. The van der Waals surface area contributed by atoms with Crippen molar-refractivity contribution in [3.8, 4) is 0 Å². The molecule has 3 N–H and O–H groups in total. The second kappa shape index (κ2) is 5.77. The second-order valence-electron chi connectivity index (χ2n) is 5.48. The molecule has 1 unspecified atom stereocenters. The van der Waals surface area contributed by atoms with E-state index in [1.54, 1.807) is 6.20 Å². The first kappa shape index (κ1) is 13.9. The normalized spacial score (nSPS) is 19.1. The van der Waals surface area contributed by atoms with Crippen LogP contribution in [-0.4, -0.2) is 41.6 Å². The number of carbonyl (C=O) groups excluding carboxylic acids is 1. The number of anilines is 1. The molecular weight excluding hydrogens is 266 g/mol. The minimum absolute atomic E-state index is 0.0521. The summed E-state index contributed by atoms with van der Waals surface area (Å²) in [5.74, 6) is 0.0521. The van der Waals surface area contributed by atoms with Crippen LogP contribution in [0.4, 0.5) is 5.69 Å². The SMILES string of the molecule is CCOC1CCCN(C(=O)c2c[nH]c3ccc(N)cc23)C1. The quantitative estimate of drug-likeness (QED) is 0.851. The van der Waals surface area contributed by atoms with E-state index in [1.165, 1.54) is 0 Å². The summed E-state index contributed by atoms with van der Waals surface area (Å²) in [7, 11) is 0. The predicted octanol–water partition coefficient (Wildman–Crippen LogP) is 2.39. The summed E-state index contributed by atoms with van der Waals surface area (Å²) in [4.78, 5) is 17.8. The van der Waals surface area contributed by atoms with Gasteiger partial charge in [0.25, 0.3) is 5.91 Å². The molecule has 1 amide bonds. The van der Waals surface area contributed by atoms with E-state index in [-0.39, 0.29) is 12.0 Å². The number of H-pyrrole nitrogens is 1. The third kappa shape index (κ3) is 2.74. The van der Waals surface area contributed by atoms with Gasteiger partial charge in [0.05, 0.1) is 11.7 Å². The number of hydrogen-bond donors (Lipinski definition) is 2. The number of nitrogens with one attached hydrogen (secondary N) is 1. The third-order valence-electron chi connectivity index (χ3n) is 4.00. The Kier molecular flexibility index (Phi) is 3.84. The smallest absolute Gasteiger partial charge is 0.256 e. The zero-order valence-electron chi connectivity index (χ0n) is 12.3. The Balaban J connectivity index is 1.84. The van der Waals surface area contributed by atoms with Gasteiger partial charge in [-0.3, -0.25) is 4.79 Å². The van der Waals surface area contributed by atoms with Crippen molar-refractivity contribution in [1.29, 1.82) is 0 Å². The fraction of sp³-hybridized carbons (Fsp3) is 0.438. The number of hydrogen-bond acceptors (Lipinski definition) is 3. The van der Waals surface area contributed by atoms with Crippen molar-refractivity contribution < 1.29 is 9.53 Å². The van der Waals surface area contributed by atoms with E-state index in [0.717, 1.165) is 30.3 Å². The molecule has 1 saturated heterocycles. The highest BCUT2D eigenvalue weighted by Gasteiger charge is 2.26. The van der Waals surface area contributed by atoms with Crippen LogP contribution in [0.15, 0.2) is 24.4 Å². The molecule has 0 aliphatic carbocycles. The molecule has 2 aromatic rings. The van der Waals surface area contributed by atoms with E-state index in [2.05, 4.69) is 4.98 Å². The van der Waals surface area contributed by atoms with E-state index in [0.29, 0.717) is 24.4 Å². The number of ether oxygens (including phenoxy) is 1. The van der Waals surface area contributed by atoms with Crippen molar-refractivity contribution in [3.63, 3.8) is 0 Å². The number of nitrogens with zero attached hydrogens (tertiary/aromatic N) is 1. The lowest BCUT2D eigenvalue weighted by atomic mass is 10.1. The highest BCUT2D eigenvalue weighted by molar-refractivity contribution is 6.07. The first-order valence-corrected chi connectivity index (χ1v) is 7.46. The van der Waals surface area contributed by atoms with E-state index in [9.17, 15) is 4.79 Å². The minimum atomic E-state index is 0.0521.